The van der Waals surface area contributed by atoms with Crippen molar-refractivity contribution < 1.29 is 27.4 Å². The molecule has 0 aliphatic carbocycles. The molecule has 0 bridgehead atoms. The zero-order chi connectivity index (χ0) is 12.5. The van der Waals surface area contributed by atoms with Gasteiger partial charge in [-0.3, -0.25) is 0 Å². The molecule has 1 atom stereocenters. The molecule has 1 fully saturated rings. The van der Waals surface area contributed by atoms with Crippen LogP contribution in [0.2, 0.25) is 0 Å². The van der Waals surface area contributed by atoms with Gasteiger partial charge >= 0.3 is 12.5 Å². The molecule has 0 aromatic heterocycles. The predicted octanol–water partition coefficient (Wildman–Crippen LogP) is 2.37. The number of halogens is 3. The molecule has 0 unspecified atom stereocenters. The van der Waals surface area contributed by atoms with Crippen LogP contribution in [0.5, 0.6) is 5.75 Å². The number of hydrogen-bond donors (Lipinski definition) is 1. The molecule has 1 aliphatic heterocycles. The van der Waals surface area contributed by atoms with Gasteiger partial charge in [0.1, 0.15) is 12.4 Å². The zero-order valence-corrected chi connectivity index (χ0v) is 8.45. The fraction of sp³-hybridized carbons (Fsp3) is 0.300. The predicted molar refractivity (Wildman–Crippen MR) is 50.3 cm³/mol. The van der Waals surface area contributed by atoms with E-state index in [1.165, 1.54) is 18.2 Å². The summed E-state index contributed by atoms with van der Waals surface area (Å²) in [6.45, 7) is -0.0168. The van der Waals surface area contributed by atoms with E-state index in [4.69, 9.17) is 0 Å². The molecule has 2 rings (SSSR count). The highest BCUT2D eigenvalue weighted by Gasteiger charge is 2.34. The quantitative estimate of drug-likeness (QED) is 0.872. The number of para-hydroxylation sites is 1. The Morgan fingerprint density at radius 2 is 2.06 bits per heavy atom. The summed E-state index contributed by atoms with van der Waals surface area (Å²) in [5, 5.41) is 2.39. The smallest absolute Gasteiger partial charge is 0.447 e. The highest BCUT2D eigenvalue weighted by molar-refractivity contribution is 5.70. The molecular weight excluding hydrogens is 239 g/mol. The summed E-state index contributed by atoms with van der Waals surface area (Å²) >= 11 is 0. The fourth-order valence-corrected chi connectivity index (χ4v) is 1.54. The normalized spacial score (nSPS) is 19.7. The minimum atomic E-state index is -4.76. The second-order valence-corrected chi connectivity index (χ2v) is 3.38. The summed E-state index contributed by atoms with van der Waals surface area (Å²) in [5.74, 6) is -0.337. The number of alkyl halides is 3. The molecule has 17 heavy (non-hydrogen) atoms. The van der Waals surface area contributed by atoms with Gasteiger partial charge in [0.25, 0.3) is 0 Å². The van der Waals surface area contributed by atoms with E-state index in [1.54, 1.807) is 6.07 Å². The third-order valence-electron chi connectivity index (χ3n) is 2.19. The summed E-state index contributed by atoms with van der Waals surface area (Å²) in [4.78, 5) is 10.8. The van der Waals surface area contributed by atoms with Gasteiger partial charge in [-0.2, -0.15) is 0 Å². The molecule has 0 spiro atoms. The number of carbonyl (C=O) groups is 1. The average Bonchev–Trinajstić information content (AvgIpc) is 2.63. The van der Waals surface area contributed by atoms with Crippen LogP contribution in [0.15, 0.2) is 24.3 Å². The minimum Gasteiger partial charge on any atom is -0.447 e. The van der Waals surface area contributed by atoms with Gasteiger partial charge in [0, 0.05) is 5.56 Å². The molecule has 1 aliphatic rings. The van der Waals surface area contributed by atoms with Gasteiger partial charge in [-0.15, -0.1) is 13.2 Å². The van der Waals surface area contributed by atoms with Crippen LogP contribution in [-0.2, 0) is 4.74 Å². The van der Waals surface area contributed by atoms with Crippen LogP contribution in [0.3, 0.4) is 0 Å². The number of benzene rings is 1. The van der Waals surface area contributed by atoms with Gasteiger partial charge in [0.2, 0.25) is 0 Å². The van der Waals surface area contributed by atoms with Crippen molar-refractivity contribution in [1.82, 2.24) is 5.32 Å². The molecule has 1 heterocycles. The molecule has 1 aromatic carbocycles. The second kappa shape index (κ2) is 4.15. The van der Waals surface area contributed by atoms with Gasteiger partial charge in [-0.05, 0) is 6.07 Å². The summed E-state index contributed by atoms with van der Waals surface area (Å²) < 4.78 is 44.9. The van der Waals surface area contributed by atoms with Gasteiger partial charge in [-0.1, -0.05) is 18.2 Å². The molecule has 0 radical (unpaired) electrons. The Morgan fingerprint density at radius 1 is 1.35 bits per heavy atom. The first-order valence-electron chi connectivity index (χ1n) is 4.74. The van der Waals surface area contributed by atoms with Gasteiger partial charge in [0.05, 0.1) is 6.04 Å². The Labute approximate surface area is 94.3 Å². The van der Waals surface area contributed by atoms with Crippen molar-refractivity contribution in [3.05, 3.63) is 29.8 Å². The lowest BCUT2D eigenvalue weighted by molar-refractivity contribution is -0.275. The largest absolute Gasteiger partial charge is 0.573 e. The maximum Gasteiger partial charge on any atom is 0.573 e. The number of nitrogens with one attached hydrogen (secondary N) is 1. The number of amides is 1. The van der Waals surface area contributed by atoms with Crippen molar-refractivity contribution in [3.8, 4) is 5.75 Å². The van der Waals surface area contributed by atoms with E-state index >= 15 is 0 Å². The summed E-state index contributed by atoms with van der Waals surface area (Å²) in [6.07, 6.45) is -5.42. The summed E-state index contributed by atoms with van der Waals surface area (Å²) in [6, 6.07) is 4.99. The van der Waals surface area contributed by atoms with Crippen molar-refractivity contribution in [2.45, 2.75) is 12.4 Å². The Balaban J connectivity index is 2.24. The molecule has 0 saturated carbocycles. The molecule has 7 heteroatoms. The van der Waals surface area contributed by atoms with E-state index in [1.807, 2.05) is 0 Å². The molecule has 1 saturated heterocycles. The third-order valence-corrected chi connectivity index (χ3v) is 2.19. The Morgan fingerprint density at radius 3 is 2.65 bits per heavy atom. The monoisotopic (exact) mass is 247 g/mol. The van der Waals surface area contributed by atoms with E-state index in [2.05, 4.69) is 14.8 Å². The van der Waals surface area contributed by atoms with Crippen LogP contribution in [0, 0.1) is 0 Å². The Bertz CT molecular complexity index is 433. The van der Waals surface area contributed by atoms with Crippen LogP contribution in [0.4, 0.5) is 18.0 Å². The number of hydrogen-bond acceptors (Lipinski definition) is 3. The molecule has 4 nitrogen and oxygen atoms in total. The van der Waals surface area contributed by atoms with Gasteiger partial charge in [0.15, 0.2) is 0 Å². The molecular formula is C10H8F3NO3. The molecule has 1 N–H and O–H groups in total. The summed E-state index contributed by atoms with van der Waals surface area (Å²) in [7, 11) is 0. The highest BCUT2D eigenvalue weighted by Crippen LogP contribution is 2.31. The van der Waals surface area contributed by atoms with Gasteiger partial charge < -0.3 is 14.8 Å². The first-order chi connectivity index (χ1) is 7.96. The first kappa shape index (κ1) is 11.6. The fourth-order valence-electron chi connectivity index (χ4n) is 1.54. The van der Waals surface area contributed by atoms with Crippen molar-refractivity contribution in [2.24, 2.45) is 0 Å². The van der Waals surface area contributed by atoms with Crippen LogP contribution in [-0.4, -0.2) is 19.1 Å². The van der Waals surface area contributed by atoms with E-state index in [0.29, 0.717) is 0 Å². The van der Waals surface area contributed by atoms with Crippen molar-refractivity contribution in [3.63, 3.8) is 0 Å². The van der Waals surface area contributed by atoms with E-state index < -0.39 is 18.5 Å². The highest BCUT2D eigenvalue weighted by atomic mass is 19.4. The average molecular weight is 247 g/mol. The second-order valence-electron chi connectivity index (χ2n) is 3.38. The first-order valence-corrected chi connectivity index (χ1v) is 4.74. The third kappa shape index (κ3) is 2.80. The van der Waals surface area contributed by atoms with Gasteiger partial charge in [-0.25, -0.2) is 4.79 Å². The molecule has 1 aromatic rings. The van der Waals surface area contributed by atoms with E-state index in [-0.39, 0.29) is 17.9 Å². The maximum absolute atomic E-state index is 12.1. The van der Waals surface area contributed by atoms with Crippen molar-refractivity contribution in [2.75, 3.05) is 6.61 Å². The SMILES string of the molecule is O=C1N[C@H](c2ccccc2OC(F)(F)F)CO1. The standard InChI is InChI=1S/C10H8F3NO3/c11-10(12,13)17-8-4-2-1-3-6(8)7-5-16-9(15)14-7/h1-4,7H,5H2,(H,14,15)/t7-/m0/s1. The van der Waals surface area contributed by atoms with E-state index in [9.17, 15) is 18.0 Å². The maximum atomic E-state index is 12.1. The molecule has 1 amide bonds. The number of ether oxygens (including phenoxy) is 2. The lowest BCUT2D eigenvalue weighted by Crippen LogP contribution is -2.22. The number of cyclic esters (lactones) is 1. The number of alkyl carbamates (subject to hydrolysis) is 1. The van der Waals surface area contributed by atoms with Crippen LogP contribution >= 0.6 is 0 Å². The topological polar surface area (TPSA) is 47.6 Å². The molecule has 92 valence electrons. The Hall–Kier alpha value is -1.92. The number of carbonyl (C=O) groups excluding carboxylic acids is 1. The lowest BCUT2D eigenvalue weighted by Gasteiger charge is -2.15. The van der Waals surface area contributed by atoms with Crippen LogP contribution in [0.1, 0.15) is 11.6 Å². The van der Waals surface area contributed by atoms with Crippen LogP contribution < -0.4 is 10.1 Å². The summed E-state index contributed by atoms with van der Waals surface area (Å²) in [5.41, 5.74) is 0.232. The Kier molecular flexibility index (Phi) is 2.83. The zero-order valence-electron chi connectivity index (χ0n) is 8.45. The number of rotatable bonds is 2. The van der Waals surface area contributed by atoms with Crippen LogP contribution in [0.25, 0.3) is 0 Å². The lowest BCUT2D eigenvalue weighted by atomic mass is 10.1. The van der Waals surface area contributed by atoms with Crippen molar-refractivity contribution >= 4 is 6.09 Å². The minimum absolute atomic E-state index is 0.0168. The van der Waals surface area contributed by atoms with E-state index in [0.717, 1.165) is 0 Å². The van der Waals surface area contributed by atoms with Crippen molar-refractivity contribution in [1.29, 1.82) is 0 Å².